The average molecular weight is 709 g/mol. The third-order valence-corrected chi connectivity index (χ3v) is 10.0. The number of carbonyl (C=O) groups excluding carboxylic acids is 2. The summed E-state index contributed by atoms with van der Waals surface area (Å²) in [7, 11) is -1.47. The van der Waals surface area contributed by atoms with Gasteiger partial charge in [-0.05, 0) is 93.2 Å². The SMILES string of the molecule is COc1cc2c(Oc3ccc(NC(=O)C4(C(=O)Nc5ccc(F)cc5)CC4)cc3F)ccnc2cc1OCC1CCN(CCS(C)(=O)=O)CC1. The molecule has 3 aromatic carbocycles. The molecule has 264 valence electrons. The molecule has 2 heterocycles. The molecule has 11 nitrogen and oxygen atoms in total. The third-order valence-electron chi connectivity index (χ3n) is 9.08. The summed E-state index contributed by atoms with van der Waals surface area (Å²) in [5.74, 6) is -0.601. The van der Waals surface area contributed by atoms with Crippen molar-refractivity contribution < 1.29 is 41.0 Å². The fourth-order valence-corrected chi connectivity index (χ4v) is 6.46. The van der Waals surface area contributed by atoms with Gasteiger partial charge in [-0.2, -0.15) is 0 Å². The summed E-state index contributed by atoms with van der Waals surface area (Å²) >= 11 is 0. The summed E-state index contributed by atoms with van der Waals surface area (Å²) < 4.78 is 69.3. The van der Waals surface area contributed by atoms with E-state index in [1.165, 1.54) is 49.8 Å². The lowest BCUT2D eigenvalue weighted by molar-refractivity contribution is -0.131. The molecule has 0 spiro atoms. The van der Waals surface area contributed by atoms with Crippen molar-refractivity contribution in [3.8, 4) is 23.0 Å². The van der Waals surface area contributed by atoms with E-state index in [1.807, 2.05) is 0 Å². The number of fused-ring (bicyclic) bond motifs is 1. The normalized spacial score (nSPS) is 16.1. The number of likely N-dealkylation sites (tertiary alicyclic amines) is 1. The van der Waals surface area contributed by atoms with Crippen LogP contribution >= 0.6 is 0 Å². The summed E-state index contributed by atoms with van der Waals surface area (Å²) in [6.07, 6.45) is 5.22. The fourth-order valence-electron chi connectivity index (χ4n) is 5.87. The molecule has 1 saturated carbocycles. The second-order valence-corrected chi connectivity index (χ2v) is 15.1. The smallest absolute Gasteiger partial charge is 0.240 e. The monoisotopic (exact) mass is 708 g/mol. The van der Waals surface area contributed by atoms with Crippen LogP contribution in [0.25, 0.3) is 10.9 Å². The van der Waals surface area contributed by atoms with Gasteiger partial charge in [0, 0.05) is 47.9 Å². The number of piperidine rings is 1. The number of rotatable bonds is 13. The van der Waals surface area contributed by atoms with Gasteiger partial charge in [-0.3, -0.25) is 14.6 Å². The third kappa shape index (κ3) is 8.30. The maximum atomic E-state index is 15.3. The number of halogens is 2. The van der Waals surface area contributed by atoms with Crippen LogP contribution in [0.1, 0.15) is 25.7 Å². The average Bonchev–Trinajstić information content (AvgIpc) is 3.91. The number of nitrogens with one attached hydrogen (secondary N) is 2. The number of sulfone groups is 1. The molecule has 1 saturated heterocycles. The van der Waals surface area contributed by atoms with E-state index in [0.29, 0.717) is 65.8 Å². The van der Waals surface area contributed by atoms with E-state index >= 15 is 4.39 Å². The van der Waals surface area contributed by atoms with Crippen molar-refractivity contribution in [1.29, 1.82) is 0 Å². The van der Waals surface area contributed by atoms with Crippen LogP contribution in [0.3, 0.4) is 0 Å². The molecule has 2 aliphatic rings. The molecule has 1 aromatic heterocycles. The molecular formula is C36H38F2N4O7S. The Morgan fingerprint density at radius 3 is 2.22 bits per heavy atom. The maximum absolute atomic E-state index is 15.3. The molecule has 14 heteroatoms. The molecule has 6 rings (SSSR count). The molecular weight excluding hydrogens is 670 g/mol. The lowest BCUT2D eigenvalue weighted by Gasteiger charge is -2.31. The summed E-state index contributed by atoms with van der Waals surface area (Å²) in [4.78, 5) is 32.6. The van der Waals surface area contributed by atoms with Gasteiger partial charge in [0.2, 0.25) is 11.8 Å². The molecule has 0 unspecified atom stereocenters. The Kier molecular flexibility index (Phi) is 10.2. The quantitative estimate of drug-likeness (QED) is 0.165. The van der Waals surface area contributed by atoms with Gasteiger partial charge in [-0.1, -0.05) is 0 Å². The van der Waals surface area contributed by atoms with Gasteiger partial charge in [0.05, 0.1) is 25.0 Å². The Bertz CT molecular complexity index is 2000. The number of aromatic nitrogens is 1. The number of carbonyl (C=O) groups is 2. The van der Waals surface area contributed by atoms with Gasteiger partial charge >= 0.3 is 0 Å². The first-order valence-electron chi connectivity index (χ1n) is 16.3. The predicted molar refractivity (Wildman–Crippen MR) is 184 cm³/mol. The predicted octanol–water partition coefficient (Wildman–Crippen LogP) is 5.81. The van der Waals surface area contributed by atoms with E-state index in [-0.39, 0.29) is 17.2 Å². The van der Waals surface area contributed by atoms with Crippen LogP contribution < -0.4 is 24.8 Å². The van der Waals surface area contributed by atoms with E-state index in [9.17, 15) is 22.4 Å². The van der Waals surface area contributed by atoms with E-state index in [0.717, 1.165) is 32.0 Å². The van der Waals surface area contributed by atoms with Crippen molar-refractivity contribution in [2.75, 3.05) is 56.0 Å². The molecule has 50 heavy (non-hydrogen) atoms. The molecule has 1 aliphatic heterocycles. The van der Waals surface area contributed by atoms with E-state index in [1.54, 1.807) is 24.4 Å². The second-order valence-electron chi connectivity index (χ2n) is 12.8. The van der Waals surface area contributed by atoms with Crippen molar-refractivity contribution in [2.24, 2.45) is 11.3 Å². The van der Waals surface area contributed by atoms with E-state index < -0.39 is 38.7 Å². The minimum absolute atomic E-state index is 0.0899. The van der Waals surface area contributed by atoms with Crippen LogP contribution in [0.2, 0.25) is 0 Å². The zero-order chi connectivity index (χ0) is 35.5. The summed E-state index contributed by atoms with van der Waals surface area (Å²) in [6, 6.07) is 14.3. The van der Waals surface area contributed by atoms with Crippen LogP contribution in [0.15, 0.2) is 66.9 Å². The topological polar surface area (TPSA) is 136 Å². The number of pyridine rings is 1. The Hall–Kier alpha value is -4.82. The maximum Gasteiger partial charge on any atom is 0.240 e. The first-order chi connectivity index (χ1) is 23.9. The lowest BCUT2D eigenvalue weighted by atomic mass is 9.98. The number of amides is 2. The number of hydrogen-bond acceptors (Lipinski definition) is 9. The van der Waals surface area contributed by atoms with Gasteiger partial charge in [0.15, 0.2) is 23.1 Å². The van der Waals surface area contributed by atoms with Crippen molar-refractivity contribution in [3.05, 3.63) is 78.5 Å². The number of ether oxygens (including phenoxy) is 3. The second kappa shape index (κ2) is 14.6. The standard InChI is InChI=1S/C36H38F2N4O7S/c1-47-32-20-27-29(21-33(32)48-22-23-10-15-42(16-11-23)17-18-50(2,45)46)39-14-9-30(27)49-31-8-7-26(19-28(31)38)41-35(44)36(12-13-36)34(43)40-25-5-3-24(37)4-6-25/h3-9,14,19-21,23H,10-13,15-18,22H2,1-2H3,(H,40,43)(H,41,44). The highest BCUT2D eigenvalue weighted by Crippen LogP contribution is 2.48. The first kappa shape index (κ1) is 35.0. The van der Waals surface area contributed by atoms with Crippen molar-refractivity contribution in [1.82, 2.24) is 9.88 Å². The molecule has 2 fully saturated rings. The van der Waals surface area contributed by atoms with Gasteiger partial charge in [-0.25, -0.2) is 17.2 Å². The highest BCUT2D eigenvalue weighted by molar-refractivity contribution is 7.90. The summed E-state index contributed by atoms with van der Waals surface area (Å²) in [5.41, 5.74) is -0.225. The summed E-state index contributed by atoms with van der Waals surface area (Å²) in [5, 5.41) is 5.84. The number of hydrogen-bond donors (Lipinski definition) is 2. The van der Waals surface area contributed by atoms with Gasteiger partial charge < -0.3 is 29.7 Å². The minimum atomic E-state index is -3.00. The van der Waals surface area contributed by atoms with Crippen LogP contribution in [0.5, 0.6) is 23.0 Å². The van der Waals surface area contributed by atoms with Crippen molar-refractivity contribution >= 4 is 43.9 Å². The summed E-state index contributed by atoms with van der Waals surface area (Å²) in [6.45, 7) is 2.61. The Balaban J connectivity index is 1.08. The Morgan fingerprint density at radius 1 is 0.900 bits per heavy atom. The zero-order valence-electron chi connectivity index (χ0n) is 27.7. The molecule has 4 aromatic rings. The lowest BCUT2D eigenvalue weighted by Crippen LogP contribution is -2.38. The number of nitrogens with zero attached hydrogens (tertiary/aromatic N) is 2. The van der Waals surface area contributed by atoms with E-state index in [2.05, 4.69) is 20.5 Å². The van der Waals surface area contributed by atoms with Gasteiger partial charge in [0.25, 0.3) is 0 Å². The molecule has 2 amide bonds. The minimum Gasteiger partial charge on any atom is -0.493 e. The van der Waals surface area contributed by atoms with Crippen molar-refractivity contribution in [3.63, 3.8) is 0 Å². The van der Waals surface area contributed by atoms with Crippen LogP contribution in [-0.2, 0) is 19.4 Å². The van der Waals surface area contributed by atoms with Crippen molar-refractivity contribution in [2.45, 2.75) is 25.7 Å². The zero-order valence-corrected chi connectivity index (χ0v) is 28.5. The molecule has 0 bridgehead atoms. The first-order valence-corrected chi connectivity index (χ1v) is 18.3. The van der Waals surface area contributed by atoms with Crippen LogP contribution in [-0.4, -0.2) is 75.5 Å². The van der Waals surface area contributed by atoms with Gasteiger partial charge in [0.1, 0.15) is 26.8 Å². The largest absolute Gasteiger partial charge is 0.493 e. The van der Waals surface area contributed by atoms with E-state index in [4.69, 9.17) is 14.2 Å². The molecule has 0 atom stereocenters. The fraction of sp³-hybridized carbons (Fsp3) is 0.361. The molecule has 1 aliphatic carbocycles. The molecule has 2 N–H and O–H groups in total. The van der Waals surface area contributed by atoms with Crippen LogP contribution in [0, 0.1) is 23.0 Å². The highest BCUT2D eigenvalue weighted by Gasteiger charge is 2.56. The van der Waals surface area contributed by atoms with Gasteiger partial charge in [-0.15, -0.1) is 0 Å². The highest BCUT2D eigenvalue weighted by atomic mass is 32.2. The Labute approximate surface area is 288 Å². The number of methoxy groups -OCH3 is 1. The molecule has 0 radical (unpaired) electrons. The number of anilines is 2. The van der Waals surface area contributed by atoms with Crippen LogP contribution in [0.4, 0.5) is 20.2 Å². The Morgan fingerprint density at radius 2 is 1.58 bits per heavy atom. The number of benzene rings is 3.